The van der Waals surface area contributed by atoms with E-state index in [4.69, 9.17) is 14.7 Å². The van der Waals surface area contributed by atoms with Crippen molar-refractivity contribution in [2.24, 2.45) is 10.8 Å². The first kappa shape index (κ1) is 47.7. The SMILES string of the molecule is Cc1ncsc1-c1ccc(CNC(=O)[C@@H]2C[C@@H](O)CN2C(=O)[C@@H](OC(=O)N2CC3(CC(N4CCN(c5cnc(N6CCN7c8cc(-c9ccccc9O)nnc8NC[C@H]7C6)nc5)CC4)C3)C2)C(C)(C)C)cc1. The number of anilines is 4. The molecule has 11 rings (SSSR count). The van der Waals surface area contributed by atoms with Gasteiger partial charge in [-0.3, -0.25) is 14.5 Å². The molecule has 0 radical (unpaired) electrons. The van der Waals surface area contributed by atoms with Gasteiger partial charge in [0.1, 0.15) is 11.8 Å². The van der Waals surface area contributed by atoms with Gasteiger partial charge < -0.3 is 50.1 Å². The molecule has 5 aromatic rings. The second kappa shape index (κ2) is 19.1. The fraction of sp³-hybridized carbons (Fsp3) is 0.500. The minimum absolute atomic E-state index is 0.0112. The Morgan fingerprint density at radius 1 is 0.917 bits per heavy atom. The lowest BCUT2D eigenvalue weighted by atomic mass is 9.60. The van der Waals surface area contributed by atoms with Crippen LogP contribution in [0.25, 0.3) is 21.7 Å². The summed E-state index contributed by atoms with van der Waals surface area (Å²) >= 11 is 1.58. The number of phenols is 1. The maximum absolute atomic E-state index is 14.2. The van der Waals surface area contributed by atoms with Crippen molar-refractivity contribution in [2.75, 3.05) is 92.0 Å². The summed E-state index contributed by atoms with van der Waals surface area (Å²) < 4.78 is 6.02. The van der Waals surface area contributed by atoms with Gasteiger partial charge in [-0.15, -0.1) is 21.5 Å². The largest absolute Gasteiger partial charge is 0.507 e. The van der Waals surface area contributed by atoms with E-state index in [0.29, 0.717) is 30.4 Å². The number of ether oxygens (including phenoxy) is 1. The maximum Gasteiger partial charge on any atom is 0.410 e. The third-order valence-electron chi connectivity index (χ3n) is 15.5. The van der Waals surface area contributed by atoms with E-state index >= 15 is 0 Å². The number of aromatic hydroxyl groups is 1. The number of para-hydroxylation sites is 1. The second-order valence-corrected chi connectivity index (χ2v) is 22.4. The predicted molar refractivity (Wildman–Crippen MR) is 274 cm³/mol. The van der Waals surface area contributed by atoms with Crippen LogP contribution in [0.2, 0.25) is 0 Å². The number of likely N-dealkylation sites (tertiary alicyclic amines) is 2. The number of piperazine rings is 2. The minimum atomic E-state index is -1.13. The van der Waals surface area contributed by atoms with Crippen molar-refractivity contribution in [3.8, 4) is 27.4 Å². The zero-order valence-corrected chi connectivity index (χ0v) is 42.1. The summed E-state index contributed by atoms with van der Waals surface area (Å²) in [6, 6.07) is 16.9. The number of β-amino-alcohol motifs (C(OH)–C–C–N with tert-alkyl or cyclic N) is 1. The Bertz CT molecular complexity index is 2800. The molecule has 20 heteroatoms. The normalized spacial score (nSPS) is 22.3. The maximum atomic E-state index is 14.2. The zero-order valence-electron chi connectivity index (χ0n) is 41.3. The Balaban J connectivity index is 0.625. The van der Waals surface area contributed by atoms with Crippen LogP contribution in [0.3, 0.4) is 0 Å². The standard InChI is InChI=1S/C52H63N13O6S/c1-32-44(72-31-57-32)34-11-9-33(10-12-34)23-54-47(68)42-19-38(66)28-65(42)48(69)45(51(2,3)4)71-50(70)63-29-52(30-63)21-35(22-52)60-13-15-61(16-14-60)36-24-55-49(56-25-36)62-17-18-64-37(27-62)26-53-46-41(64)20-40(58-59-46)39-7-5-6-8-43(39)67/h5-12,20,24-25,31,35,37-38,42,45,66-67H,13-19,21-23,26-30H2,1-4H3,(H,53,59)(H,54,68)/t37-,38+,42-,45+/m0/s1. The molecule has 5 aliphatic heterocycles. The van der Waals surface area contributed by atoms with Crippen molar-refractivity contribution >= 4 is 52.4 Å². The summed E-state index contributed by atoms with van der Waals surface area (Å²) in [6.07, 6.45) is 3.49. The van der Waals surface area contributed by atoms with Gasteiger partial charge in [0.05, 0.1) is 57.7 Å². The molecule has 2 aromatic carbocycles. The number of aliphatic hydroxyl groups is 1. The van der Waals surface area contributed by atoms with Crippen molar-refractivity contribution in [2.45, 2.75) is 83.8 Å². The molecule has 3 amide bonds. The van der Waals surface area contributed by atoms with Crippen LogP contribution in [0.4, 0.5) is 27.9 Å². The fourth-order valence-electron chi connectivity index (χ4n) is 11.5. The first-order chi connectivity index (χ1) is 34.7. The zero-order chi connectivity index (χ0) is 49.9. The van der Waals surface area contributed by atoms with E-state index in [1.807, 2.05) is 88.1 Å². The van der Waals surface area contributed by atoms with Crippen molar-refractivity contribution in [3.63, 3.8) is 0 Å². The first-order valence-electron chi connectivity index (χ1n) is 25.1. The van der Waals surface area contributed by atoms with E-state index < -0.39 is 35.7 Å². The number of benzene rings is 2. The first-order valence-corrected chi connectivity index (χ1v) is 26.0. The monoisotopic (exact) mass is 997 g/mol. The molecule has 4 N–H and O–H groups in total. The van der Waals surface area contributed by atoms with Gasteiger partial charge in [-0.05, 0) is 49.1 Å². The smallest absolute Gasteiger partial charge is 0.410 e. The molecule has 0 bridgehead atoms. The second-order valence-electron chi connectivity index (χ2n) is 21.5. The number of thiazole rings is 1. The Hall–Kier alpha value is -6.64. The highest BCUT2D eigenvalue weighted by Crippen LogP contribution is 2.51. The number of phenolic OH excluding ortho intramolecular Hbond substituents is 1. The molecule has 0 unspecified atom stereocenters. The number of aryl methyl sites for hydroxylation is 1. The Labute approximate surface area is 423 Å². The lowest BCUT2D eigenvalue weighted by Crippen LogP contribution is -2.69. The number of fused-ring (bicyclic) bond motifs is 3. The van der Waals surface area contributed by atoms with Gasteiger partial charge in [-0.1, -0.05) is 57.2 Å². The molecule has 6 aliphatic rings. The van der Waals surface area contributed by atoms with Crippen LogP contribution in [0.15, 0.2) is 72.5 Å². The van der Waals surface area contributed by atoms with Gasteiger partial charge in [0.25, 0.3) is 5.91 Å². The average molecular weight is 998 g/mol. The minimum Gasteiger partial charge on any atom is -0.507 e. The molecule has 378 valence electrons. The Morgan fingerprint density at radius 3 is 2.36 bits per heavy atom. The van der Waals surface area contributed by atoms with E-state index in [1.54, 1.807) is 28.4 Å². The molecule has 1 saturated carbocycles. The van der Waals surface area contributed by atoms with Gasteiger partial charge in [-0.2, -0.15) is 0 Å². The van der Waals surface area contributed by atoms with Crippen LogP contribution < -0.4 is 25.3 Å². The molecular formula is C52H63N13O6S. The number of carbonyl (C=O) groups excluding carboxylic acids is 3. The Kier molecular flexibility index (Phi) is 12.6. The number of nitrogens with one attached hydrogen (secondary N) is 2. The fourth-order valence-corrected chi connectivity index (χ4v) is 12.3. The predicted octanol–water partition coefficient (Wildman–Crippen LogP) is 4.61. The van der Waals surface area contributed by atoms with Gasteiger partial charge in [0.15, 0.2) is 11.9 Å². The molecule has 4 atom stereocenters. The van der Waals surface area contributed by atoms with Crippen molar-refractivity contribution in [1.29, 1.82) is 0 Å². The number of nitrogens with zero attached hydrogens (tertiary/aromatic N) is 11. The lowest BCUT2D eigenvalue weighted by Gasteiger charge is -2.61. The summed E-state index contributed by atoms with van der Waals surface area (Å²) in [5.74, 6) is 0.823. The van der Waals surface area contributed by atoms with Gasteiger partial charge in [0.2, 0.25) is 11.9 Å². The van der Waals surface area contributed by atoms with Crippen LogP contribution in [0, 0.1) is 17.8 Å². The third-order valence-corrected chi connectivity index (χ3v) is 16.5. The number of carbonyl (C=O) groups is 3. The number of rotatable bonds is 10. The summed E-state index contributed by atoms with van der Waals surface area (Å²) in [5, 5.41) is 36.4. The van der Waals surface area contributed by atoms with E-state index in [0.717, 1.165) is 110 Å². The van der Waals surface area contributed by atoms with Crippen LogP contribution >= 0.6 is 11.3 Å². The number of hydrogen-bond donors (Lipinski definition) is 4. The van der Waals surface area contributed by atoms with Crippen molar-refractivity contribution in [1.82, 2.24) is 45.2 Å². The summed E-state index contributed by atoms with van der Waals surface area (Å²) in [5.41, 5.74) is 7.36. The topological polar surface area (TPSA) is 209 Å². The molecule has 3 aromatic heterocycles. The van der Waals surface area contributed by atoms with Crippen LogP contribution in [0.1, 0.15) is 51.3 Å². The highest BCUT2D eigenvalue weighted by atomic mass is 32.1. The molecule has 19 nitrogen and oxygen atoms in total. The van der Waals surface area contributed by atoms with E-state index in [-0.39, 0.29) is 42.6 Å². The molecule has 5 fully saturated rings. The summed E-state index contributed by atoms with van der Waals surface area (Å²) in [4.78, 5) is 69.2. The number of aromatic nitrogens is 5. The number of hydrogen-bond acceptors (Lipinski definition) is 17. The van der Waals surface area contributed by atoms with Crippen molar-refractivity contribution in [3.05, 3.63) is 83.8 Å². The van der Waals surface area contributed by atoms with Gasteiger partial charge in [-0.25, -0.2) is 19.7 Å². The molecule has 8 heterocycles. The molecular weight excluding hydrogens is 935 g/mol. The molecule has 1 aliphatic carbocycles. The summed E-state index contributed by atoms with van der Waals surface area (Å²) in [6.45, 7) is 15.6. The van der Waals surface area contributed by atoms with Crippen LogP contribution in [0.5, 0.6) is 5.75 Å². The van der Waals surface area contributed by atoms with Crippen LogP contribution in [-0.2, 0) is 20.9 Å². The molecule has 72 heavy (non-hydrogen) atoms. The molecule has 4 saturated heterocycles. The van der Waals surface area contributed by atoms with E-state index in [1.165, 1.54) is 4.90 Å². The Morgan fingerprint density at radius 2 is 1.65 bits per heavy atom. The van der Waals surface area contributed by atoms with Crippen molar-refractivity contribution < 1.29 is 29.3 Å². The summed E-state index contributed by atoms with van der Waals surface area (Å²) in [7, 11) is 0. The highest BCUT2D eigenvalue weighted by molar-refractivity contribution is 7.13. The molecule has 1 spiro atoms. The lowest BCUT2D eigenvalue weighted by molar-refractivity contribution is -0.153. The highest BCUT2D eigenvalue weighted by Gasteiger charge is 2.56. The quantitative estimate of drug-likeness (QED) is 0.151. The number of aliphatic hydroxyl groups excluding tert-OH is 1. The van der Waals surface area contributed by atoms with Crippen LogP contribution in [-0.4, -0.2) is 170 Å². The third kappa shape index (κ3) is 9.35. The van der Waals surface area contributed by atoms with Gasteiger partial charge in [0, 0.05) is 107 Å². The van der Waals surface area contributed by atoms with Gasteiger partial charge >= 0.3 is 6.09 Å². The van der Waals surface area contributed by atoms with E-state index in [9.17, 15) is 24.6 Å². The van der Waals surface area contributed by atoms with E-state index in [2.05, 4.69) is 45.4 Å². The number of amides is 3. The average Bonchev–Trinajstić information content (AvgIpc) is 3.98.